The Morgan fingerprint density at radius 2 is 2.00 bits per heavy atom. The molecule has 0 aliphatic rings. The van der Waals surface area contributed by atoms with E-state index in [0.29, 0.717) is 0 Å². The topological polar surface area (TPSA) is 14.2 Å². The van der Waals surface area contributed by atoms with E-state index in [1.54, 1.807) is 4.57 Å². The maximum atomic E-state index is 5.67. The highest BCUT2D eigenvalue weighted by Crippen LogP contribution is 2.29. The van der Waals surface area contributed by atoms with Crippen LogP contribution in [0, 0.1) is 6.20 Å². The molecule has 15 heavy (non-hydrogen) atoms. The quantitative estimate of drug-likeness (QED) is 0.807. The predicted octanol–water partition coefficient (Wildman–Crippen LogP) is 4.14. The molecule has 0 unspecified atom stereocenters. The number of hydrogen-bond acceptors (Lipinski definition) is 1. The zero-order valence-corrected chi connectivity index (χ0v) is 11.2. The zero-order chi connectivity index (χ0) is 10.8. The summed E-state index contributed by atoms with van der Waals surface area (Å²) in [6.07, 6.45) is 2.99. The van der Waals surface area contributed by atoms with Crippen molar-refractivity contribution < 1.29 is 4.74 Å². The fraction of sp³-hybridized carbons (Fsp3) is 0.0909. The van der Waals surface area contributed by atoms with Crippen LogP contribution in [-0.2, 0) is 7.05 Å². The Balaban J connectivity index is 2.25. The fourth-order valence-corrected chi connectivity index (χ4v) is 1.76. The predicted molar refractivity (Wildman–Crippen MR) is 66.2 cm³/mol. The summed E-state index contributed by atoms with van der Waals surface area (Å²) in [7, 11) is 1.89. The normalized spacial score (nSPS) is 10.3. The third-order valence-electron chi connectivity index (χ3n) is 1.94. The molecule has 0 aliphatic heterocycles. The van der Waals surface area contributed by atoms with Gasteiger partial charge in [-0.15, -0.1) is 0 Å². The van der Waals surface area contributed by atoms with Gasteiger partial charge in [-0.05, 0) is 56.1 Å². The van der Waals surface area contributed by atoms with Gasteiger partial charge in [0.2, 0.25) is 0 Å². The molecule has 4 heteroatoms. The molecule has 1 aromatic carbocycles. The number of hydrogen-bond donors (Lipinski definition) is 0. The molecule has 2 rings (SSSR count). The fourth-order valence-electron chi connectivity index (χ4n) is 1.16. The average molecular weight is 330 g/mol. The van der Waals surface area contributed by atoms with Crippen molar-refractivity contribution in [2.24, 2.45) is 7.05 Å². The molecule has 0 amide bonds. The van der Waals surface area contributed by atoms with Crippen LogP contribution in [0.3, 0.4) is 0 Å². The number of halogens is 2. The number of aromatic nitrogens is 1. The summed E-state index contributed by atoms with van der Waals surface area (Å²) in [5.41, 5.74) is 0. The first-order valence-electron chi connectivity index (χ1n) is 4.33. The van der Waals surface area contributed by atoms with Gasteiger partial charge in [-0.1, -0.05) is 0 Å². The second-order valence-corrected chi connectivity index (χ2v) is 4.75. The molecule has 2 nitrogen and oxygen atoms in total. The first kappa shape index (κ1) is 10.8. The van der Waals surface area contributed by atoms with Crippen molar-refractivity contribution in [2.75, 3.05) is 0 Å². The standard InChI is InChI=1S/C11H8Br2NO/c1-14-6-2-3-11(14)15-8-4-5-9(12)10(13)7-8/h2-5,7H,1H3. The highest BCUT2D eigenvalue weighted by Gasteiger charge is 2.03. The molecule has 0 N–H and O–H groups in total. The molecule has 1 aromatic heterocycles. The minimum atomic E-state index is 0.768. The maximum absolute atomic E-state index is 5.67. The van der Waals surface area contributed by atoms with Gasteiger partial charge in [-0.2, -0.15) is 0 Å². The number of nitrogens with zero attached hydrogens (tertiary/aromatic N) is 1. The Hall–Kier alpha value is -0.740. The first-order valence-corrected chi connectivity index (χ1v) is 5.92. The summed E-state index contributed by atoms with van der Waals surface area (Å²) in [6.45, 7) is 0. The summed E-state index contributed by atoms with van der Waals surface area (Å²) in [5, 5.41) is 0. The molecule has 0 spiro atoms. The van der Waals surface area contributed by atoms with Crippen molar-refractivity contribution in [3.05, 3.63) is 45.5 Å². The second kappa shape index (κ2) is 4.41. The number of aryl methyl sites for hydroxylation is 1. The van der Waals surface area contributed by atoms with E-state index < -0.39 is 0 Å². The molecular weight excluding hydrogens is 322 g/mol. The lowest BCUT2D eigenvalue weighted by Crippen LogP contribution is -1.91. The van der Waals surface area contributed by atoms with Crippen molar-refractivity contribution >= 4 is 31.9 Å². The van der Waals surface area contributed by atoms with E-state index in [-0.39, 0.29) is 0 Å². The van der Waals surface area contributed by atoms with Crippen LogP contribution in [0.15, 0.2) is 39.3 Å². The van der Waals surface area contributed by atoms with Crippen molar-refractivity contribution in [3.8, 4) is 11.6 Å². The van der Waals surface area contributed by atoms with Crippen LogP contribution in [0.4, 0.5) is 0 Å². The van der Waals surface area contributed by atoms with Gasteiger partial charge in [0.05, 0.1) is 6.20 Å². The molecule has 0 bridgehead atoms. The molecule has 0 saturated carbocycles. The van der Waals surface area contributed by atoms with Crippen molar-refractivity contribution in [1.82, 2.24) is 4.57 Å². The number of rotatable bonds is 2. The molecule has 2 aromatic rings. The molecule has 77 valence electrons. The Bertz CT molecular complexity index is 479. The summed E-state index contributed by atoms with van der Waals surface area (Å²) >= 11 is 6.84. The second-order valence-electron chi connectivity index (χ2n) is 3.04. The molecule has 0 atom stereocenters. The molecular formula is C11H8Br2NO. The highest BCUT2D eigenvalue weighted by molar-refractivity contribution is 9.13. The third-order valence-corrected chi connectivity index (χ3v) is 3.82. The summed E-state index contributed by atoms with van der Waals surface area (Å²) in [5.74, 6) is 1.56. The van der Waals surface area contributed by atoms with E-state index in [1.807, 2.05) is 37.4 Å². The van der Waals surface area contributed by atoms with Crippen molar-refractivity contribution in [1.29, 1.82) is 0 Å². The minimum Gasteiger partial charge on any atom is -0.441 e. The van der Waals surface area contributed by atoms with Crippen LogP contribution in [0.25, 0.3) is 0 Å². The Kier molecular flexibility index (Phi) is 3.17. The first-order chi connectivity index (χ1) is 7.16. The van der Waals surface area contributed by atoms with Crippen LogP contribution in [-0.4, -0.2) is 4.57 Å². The van der Waals surface area contributed by atoms with E-state index in [0.717, 1.165) is 20.6 Å². The van der Waals surface area contributed by atoms with Gasteiger partial charge in [0.1, 0.15) is 5.75 Å². The highest BCUT2D eigenvalue weighted by atomic mass is 79.9. The number of ether oxygens (including phenoxy) is 1. The van der Waals surface area contributed by atoms with E-state index in [1.165, 1.54) is 0 Å². The van der Waals surface area contributed by atoms with Gasteiger partial charge >= 0.3 is 0 Å². The molecule has 0 aliphatic carbocycles. The summed E-state index contributed by atoms with van der Waals surface area (Å²) in [4.78, 5) is 0. The van der Waals surface area contributed by atoms with Crippen molar-refractivity contribution in [2.45, 2.75) is 0 Å². The van der Waals surface area contributed by atoms with E-state index in [2.05, 4.69) is 38.1 Å². The van der Waals surface area contributed by atoms with Crippen LogP contribution in [0.2, 0.25) is 0 Å². The van der Waals surface area contributed by atoms with Gasteiger partial charge in [0, 0.05) is 22.1 Å². The largest absolute Gasteiger partial charge is 0.441 e. The lowest BCUT2D eigenvalue weighted by Gasteiger charge is -2.07. The Labute approximate surface area is 105 Å². The molecule has 1 heterocycles. The summed E-state index contributed by atoms with van der Waals surface area (Å²) < 4.78 is 9.45. The summed E-state index contributed by atoms with van der Waals surface area (Å²) in [6, 6.07) is 9.45. The Morgan fingerprint density at radius 1 is 1.20 bits per heavy atom. The van der Waals surface area contributed by atoms with Gasteiger partial charge in [0.15, 0.2) is 5.88 Å². The van der Waals surface area contributed by atoms with Crippen LogP contribution in [0.5, 0.6) is 11.6 Å². The Morgan fingerprint density at radius 3 is 2.60 bits per heavy atom. The van der Waals surface area contributed by atoms with Gasteiger partial charge in [0.25, 0.3) is 0 Å². The average Bonchev–Trinajstić information content (AvgIpc) is 2.59. The lowest BCUT2D eigenvalue weighted by molar-refractivity contribution is 0.442. The SMILES string of the molecule is Cn1[c]ccc1Oc1ccc(Br)c(Br)c1. The van der Waals surface area contributed by atoms with Crippen LogP contribution < -0.4 is 4.74 Å². The van der Waals surface area contributed by atoms with Gasteiger partial charge < -0.3 is 9.30 Å². The molecule has 0 fully saturated rings. The van der Waals surface area contributed by atoms with Gasteiger partial charge in [-0.25, -0.2) is 0 Å². The third kappa shape index (κ3) is 2.44. The monoisotopic (exact) mass is 328 g/mol. The number of benzene rings is 1. The van der Waals surface area contributed by atoms with E-state index in [4.69, 9.17) is 4.74 Å². The lowest BCUT2D eigenvalue weighted by atomic mass is 10.3. The van der Waals surface area contributed by atoms with Crippen LogP contribution in [0.1, 0.15) is 0 Å². The minimum absolute atomic E-state index is 0.768. The molecule has 0 saturated heterocycles. The van der Waals surface area contributed by atoms with E-state index in [9.17, 15) is 0 Å². The zero-order valence-electron chi connectivity index (χ0n) is 8.00. The maximum Gasteiger partial charge on any atom is 0.200 e. The van der Waals surface area contributed by atoms with Crippen molar-refractivity contribution in [3.63, 3.8) is 0 Å². The van der Waals surface area contributed by atoms with E-state index >= 15 is 0 Å². The smallest absolute Gasteiger partial charge is 0.200 e. The van der Waals surface area contributed by atoms with Gasteiger partial charge in [-0.3, -0.25) is 0 Å². The van der Waals surface area contributed by atoms with Crippen LogP contribution >= 0.6 is 31.9 Å². The molecule has 1 radical (unpaired) electrons.